The molecule has 0 radical (unpaired) electrons. The summed E-state index contributed by atoms with van der Waals surface area (Å²) in [4.78, 5) is 54.3. The summed E-state index contributed by atoms with van der Waals surface area (Å²) in [6.07, 6.45) is -6.19. The van der Waals surface area contributed by atoms with Crippen molar-refractivity contribution in [1.29, 1.82) is 0 Å². The third-order valence-corrected chi connectivity index (χ3v) is 8.55. The van der Waals surface area contributed by atoms with Gasteiger partial charge in [0.2, 0.25) is 5.95 Å². The van der Waals surface area contributed by atoms with Crippen LogP contribution in [0.2, 0.25) is 0 Å². The van der Waals surface area contributed by atoms with Gasteiger partial charge < -0.3 is 51.2 Å². The molecule has 45 heavy (non-hydrogen) atoms. The molecule has 244 valence electrons. The van der Waals surface area contributed by atoms with Gasteiger partial charge in [-0.25, -0.2) is 24.5 Å². The maximum atomic E-state index is 13.2. The Hall–Kier alpha value is -3.44. The monoisotopic (exact) mass is 675 g/mol. The Kier molecular flexibility index (Phi) is 8.45. The van der Waals surface area contributed by atoms with Crippen LogP contribution in [0.3, 0.4) is 0 Å². The minimum atomic E-state index is -5.07. The van der Waals surface area contributed by atoms with Crippen LogP contribution in [-0.2, 0) is 32.2 Å². The quantitative estimate of drug-likeness (QED) is 0.0770. The van der Waals surface area contributed by atoms with Gasteiger partial charge in [0.15, 0.2) is 35.1 Å². The average Bonchev–Trinajstić information content (AvgIpc) is 3.73. The molecule has 2 aliphatic heterocycles. The molecule has 25 heteroatoms. The number of aromatic nitrogens is 8. The Labute approximate surface area is 250 Å². The molecule has 0 amide bonds. The molecule has 6 rings (SSSR count). The summed E-state index contributed by atoms with van der Waals surface area (Å²) in [5.41, 5.74) is 17.2. The van der Waals surface area contributed by atoms with Crippen LogP contribution < -0.4 is 22.8 Å². The number of nitrogens with zero attached hydrogens (tertiary/aromatic N) is 7. The van der Waals surface area contributed by atoms with Crippen molar-refractivity contribution in [3.63, 3.8) is 0 Å². The first-order chi connectivity index (χ1) is 21.3. The first-order valence-corrected chi connectivity index (χ1v) is 15.7. The summed E-state index contributed by atoms with van der Waals surface area (Å²) in [6, 6.07) is -1.26. The SMILES string of the molecule is Nc1nc2c(ncn2[C@@H]2O[C@H](CO[PH](=O)O)[C@@H](N)[C@H]2OP(=O)(O)OC[C@H]2O[C@@H](n3cnc4c(N)ncnc43)[C@H](O)[C@@H]2O)c(=O)[nH]1. The van der Waals surface area contributed by atoms with Crippen molar-refractivity contribution in [2.45, 2.75) is 49.0 Å². The second kappa shape index (κ2) is 12.1. The highest BCUT2D eigenvalue weighted by Gasteiger charge is 2.50. The minimum Gasteiger partial charge on any atom is -0.387 e. The van der Waals surface area contributed by atoms with Gasteiger partial charge in [-0.2, -0.15) is 4.98 Å². The van der Waals surface area contributed by atoms with Gasteiger partial charge in [-0.1, -0.05) is 0 Å². The molecule has 2 aliphatic rings. The minimum absolute atomic E-state index is 0.0757. The van der Waals surface area contributed by atoms with Crippen LogP contribution >= 0.6 is 16.1 Å². The normalized spacial score (nSPS) is 30.7. The van der Waals surface area contributed by atoms with Gasteiger partial charge in [-0.05, 0) is 0 Å². The number of H-pyrrole nitrogens is 1. The van der Waals surface area contributed by atoms with Crippen LogP contribution in [0.4, 0.5) is 11.8 Å². The Morgan fingerprint density at radius 3 is 2.42 bits per heavy atom. The number of ether oxygens (including phenoxy) is 2. The lowest BCUT2D eigenvalue weighted by molar-refractivity contribution is -0.0607. The average molecular weight is 675 g/mol. The molecule has 4 aromatic heterocycles. The largest absolute Gasteiger partial charge is 0.472 e. The molecule has 0 aliphatic carbocycles. The zero-order valence-electron chi connectivity index (χ0n) is 22.6. The molecule has 6 heterocycles. The maximum Gasteiger partial charge on any atom is 0.472 e. The van der Waals surface area contributed by atoms with Crippen LogP contribution in [0.15, 0.2) is 23.8 Å². The Bertz CT molecular complexity index is 1850. The Balaban J connectivity index is 1.20. The number of anilines is 2. The van der Waals surface area contributed by atoms with E-state index < -0.39 is 83.9 Å². The van der Waals surface area contributed by atoms with Gasteiger partial charge in [-0.3, -0.25) is 32.5 Å². The van der Waals surface area contributed by atoms with Gasteiger partial charge in [0.1, 0.15) is 42.4 Å². The van der Waals surface area contributed by atoms with E-state index in [1.165, 1.54) is 21.8 Å². The van der Waals surface area contributed by atoms with Crippen molar-refractivity contribution in [3.05, 3.63) is 29.3 Å². The van der Waals surface area contributed by atoms with Crippen molar-refractivity contribution in [3.8, 4) is 0 Å². The number of aliphatic hydroxyl groups is 2. The first-order valence-electron chi connectivity index (χ1n) is 12.9. The van der Waals surface area contributed by atoms with E-state index in [4.69, 9.17) is 45.1 Å². The Morgan fingerprint density at radius 2 is 1.69 bits per heavy atom. The molecular formula is C20H27N11O12P2. The summed E-state index contributed by atoms with van der Waals surface area (Å²) in [6.45, 7) is -1.26. The first kappa shape index (κ1) is 31.5. The topological polar surface area (TPSA) is 346 Å². The fourth-order valence-electron chi connectivity index (χ4n) is 5.03. The number of hydrogen-bond donors (Lipinski definition) is 8. The van der Waals surface area contributed by atoms with Crippen molar-refractivity contribution < 1.29 is 52.2 Å². The number of rotatable bonds is 10. The number of hydrogen-bond acceptors (Lipinski definition) is 18. The lowest BCUT2D eigenvalue weighted by atomic mass is 10.1. The summed E-state index contributed by atoms with van der Waals surface area (Å²) in [7, 11) is -8.47. The van der Waals surface area contributed by atoms with E-state index in [1.54, 1.807) is 0 Å². The molecule has 4 aromatic rings. The lowest BCUT2D eigenvalue weighted by Gasteiger charge is -2.25. The smallest absolute Gasteiger partial charge is 0.387 e. The number of nitrogen functional groups attached to an aromatic ring is 2. The van der Waals surface area contributed by atoms with Gasteiger partial charge in [0.05, 0.1) is 31.9 Å². The maximum absolute atomic E-state index is 13.2. The molecule has 0 spiro atoms. The van der Waals surface area contributed by atoms with Gasteiger partial charge in [0, 0.05) is 0 Å². The molecule has 0 aromatic carbocycles. The van der Waals surface area contributed by atoms with Crippen molar-refractivity contribution >= 4 is 50.2 Å². The number of imidazole rings is 2. The highest BCUT2D eigenvalue weighted by Crippen LogP contribution is 2.50. The Morgan fingerprint density at radius 1 is 1.00 bits per heavy atom. The predicted octanol–water partition coefficient (Wildman–Crippen LogP) is -3.13. The molecular weight excluding hydrogens is 648 g/mol. The number of aromatic amines is 1. The second-order valence-electron chi connectivity index (χ2n) is 9.96. The van der Waals surface area contributed by atoms with E-state index in [0.29, 0.717) is 0 Å². The number of nitrogens with one attached hydrogen (secondary N) is 1. The zero-order valence-corrected chi connectivity index (χ0v) is 24.5. The molecule has 2 fully saturated rings. The molecule has 0 bridgehead atoms. The third kappa shape index (κ3) is 5.96. The van der Waals surface area contributed by atoms with Gasteiger partial charge in [0.25, 0.3) is 5.56 Å². The van der Waals surface area contributed by atoms with Gasteiger partial charge >= 0.3 is 16.1 Å². The lowest BCUT2D eigenvalue weighted by Crippen LogP contribution is -2.42. The zero-order chi connectivity index (χ0) is 32.2. The number of nitrogens with two attached hydrogens (primary N) is 3. The summed E-state index contributed by atoms with van der Waals surface area (Å²) in [5.74, 6) is -0.189. The molecule has 2 unspecified atom stereocenters. The highest BCUT2D eigenvalue weighted by molar-refractivity contribution is 7.47. The molecule has 0 saturated carbocycles. The van der Waals surface area contributed by atoms with E-state index in [0.717, 1.165) is 6.33 Å². The van der Waals surface area contributed by atoms with E-state index in [2.05, 4.69) is 29.9 Å². The second-order valence-corrected chi connectivity index (χ2v) is 12.2. The molecule has 23 nitrogen and oxygen atoms in total. The van der Waals surface area contributed by atoms with E-state index in [-0.39, 0.29) is 34.1 Å². The summed E-state index contributed by atoms with van der Waals surface area (Å²) < 4.78 is 53.6. The van der Waals surface area contributed by atoms with Crippen molar-refractivity contribution in [2.75, 3.05) is 24.7 Å². The van der Waals surface area contributed by atoms with Crippen molar-refractivity contribution in [2.24, 2.45) is 5.73 Å². The fraction of sp³-hybridized carbons (Fsp3) is 0.500. The van der Waals surface area contributed by atoms with Crippen LogP contribution in [-0.4, -0.2) is 109 Å². The standard InChI is InChI=1S/C20H27N11O12P2/c21-8-6(1-39-44(35)36)41-19(31-5-27-10-16(31)28-20(23)29-17(10)34)13(8)43-45(37,38)40-2-7-11(32)12(33)18(42-7)30-4-26-9-14(22)24-3-25-15(9)30/h3-8,11-13,18-19,32-33,44H,1-2,21H2,(H,35,36)(H,37,38)(H2,22,24,25)(H3,23,28,29,34)/t6-,7-,8-,11-,12-,13-,18-,19-/m1/s1. The van der Waals surface area contributed by atoms with Crippen LogP contribution in [0.25, 0.3) is 22.3 Å². The number of fused-ring (bicyclic) bond motifs is 2. The predicted molar refractivity (Wildman–Crippen MR) is 148 cm³/mol. The third-order valence-electron chi connectivity index (χ3n) is 7.16. The summed E-state index contributed by atoms with van der Waals surface area (Å²) in [5, 5.41) is 21.3. The van der Waals surface area contributed by atoms with Crippen LogP contribution in [0.5, 0.6) is 0 Å². The number of phosphoric ester groups is 1. The van der Waals surface area contributed by atoms with E-state index in [9.17, 15) is 29.0 Å². The van der Waals surface area contributed by atoms with E-state index >= 15 is 0 Å². The number of aliphatic hydroxyl groups excluding tert-OH is 2. The van der Waals surface area contributed by atoms with Crippen molar-refractivity contribution in [1.82, 2.24) is 39.0 Å². The number of phosphoric acid groups is 1. The summed E-state index contributed by atoms with van der Waals surface area (Å²) >= 11 is 0. The van der Waals surface area contributed by atoms with E-state index in [1.807, 2.05) is 0 Å². The van der Waals surface area contributed by atoms with Crippen LogP contribution in [0.1, 0.15) is 12.5 Å². The van der Waals surface area contributed by atoms with Crippen LogP contribution in [0, 0.1) is 0 Å². The van der Waals surface area contributed by atoms with Gasteiger partial charge in [-0.15, -0.1) is 0 Å². The molecule has 2 saturated heterocycles. The highest BCUT2D eigenvalue weighted by atomic mass is 31.2. The fourth-order valence-corrected chi connectivity index (χ4v) is 6.29. The molecule has 10 atom stereocenters. The molecule has 11 N–H and O–H groups in total.